The summed E-state index contributed by atoms with van der Waals surface area (Å²) in [5.74, 6) is 0. The molecule has 0 rings (SSSR count). The van der Waals surface area contributed by atoms with Gasteiger partial charge >= 0.3 is 0 Å². The molecule has 0 atom stereocenters. The number of allylic oxidation sites excluding steroid dienone is 4. The molecule has 0 heterocycles. The fourth-order valence-electron chi connectivity index (χ4n) is 2.98. The van der Waals surface area contributed by atoms with Crippen molar-refractivity contribution in [2.24, 2.45) is 0 Å². The van der Waals surface area contributed by atoms with Crippen LogP contribution in [0.4, 0.5) is 0 Å². The van der Waals surface area contributed by atoms with Crippen molar-refractivity contribution in [3.63, 3.8) is 0 Å². The standard InChI is InChI=1S/C23H44/c1-3-5-7-9-11-13-15-17-19-21-23-22-20-18-16-14-12-10-8-6-4-2/h5,7,15,17H,3-4,6,8-14,16,18-23H2,1-2H3. The number of rotatable bonds is 18. The van der Waals surface area contributed by atoms with E-state index in [0.29, 0.717) is 0 Å². The van der Waals surface area contributed by atoms with Gasteiger partial charge in [-0.15, -0.1) is 0 Å². The molecule has 0 nitrogen and oxygen atoms in total. The lowest BCUT2D eigenvalue weighted by molar-refractivity contribution is 0.545. The van der Waals surface area contributed by atoms with Crippen molar-refractivity contribution in [2.75, 3.05) is 0 Å². The van der Waals surface area contributed by atoms with E-state index in [4.69, 9.17) is 0 Å². The lowest BCUT2D eigenvalue weighted by Crippen LogP contribution is -1.82. The molecule has 136 valence electrons. The molecule has 0 aromatic carbocycles. The van der Waals surface area contributed by atoms with Gasteiger partial charge in [-0.2, -0.15) is 0 Å². The van der Waals surface area contributed by atoms with Crippen molar-refractivity contribution in [1.29, 1.82) is 0 Å². The second-order valence-electron chi connectivity index (χ2n) is 6.96. The van der Waals surface area contributed by atoms with E-state index in [1.807, 2.05) is 0 Å². The first-order chi connectivity index (χ1) is 11.4. The van der Waals surface area contributed by atoms with E-state index in [0.717, 1.165) is 0 Å². The molecule has 0 saturated heterocycles. The average molecular weight is 321 g/mol. The number of hydrogen-bond donors (Lipinski definition) is 0. The first-order valence-corrected chi connectivity index (χ1v) is 10.7. The summed E-state index contributed by atoms with van der Waals surface area (Å²) >= 11 is 0. The van der Waals surface area contributed by atoms with Crippen molar-refractivity contribution in [3.8, 4) is 0 Å². The summed E-state index contributed by atoms with van der Waals surface area (Å²) in [6, 6.07) is 0. The van der Waals surface area contributed by atoms with Crippen molar-refractivity contribution >= 4 is 0 Å². The van der Waals surface area contributed by atoms with Gasteiger partial charge in [-0.05, 0) is 38.5 Å². The van der Waals surface area contributed by atoms with E-state index >= 15 is 0 Å². The molecule has 0 amide bonds. The maximum Gasteiger partial charge on any atom is -0.0348 e. The zero-order valence-electron chi connectivity index (χ0n) is 16.3. The van der Waals surface area contributed by atoms with Crippen molar-refractivity contribution < 1.29 is 0 Å². The maximum atomic E-state index is 2.40. The normalized spacial score (nSPS) is 11.9. The van der Waals surface area contributed by atoms with E-state index in [1.54, 1.807) is 0 Å². The Labute approximate surface area is 147 Å². The molecule has 0 heteroatoms. The van der Waals surface area contributed by atoms with Crippen LogP contribution in [0.2, 0.25) is 0 Å². The van der Waals surface area contributed by atoms with Gasteiger partial charge in [0, 0.05) is 0 Å². The Morgan fingerprint density at radius 2 is 0.783 bits per heavy atom. The van der Waals surface area contributed by atoms with Crippen LogP contribution in [-0.4, -0.2) is 0 Å². The highest BCUT2D eigenvalue weighted by atomic mass is 14.0. The van der Waals surface area contributed by atoms with Gasteiger partial charge in [-0.3, -0.25) is 0 Å². The average Bonchev–Trinajstić information content (AvgIpc) is 2.57. The molecule has 0 aromatic heterocycles. The van der Waals surface area contributed by atoms with Crippen LogP contribution in [0.1, 0.15) is 123 Å². The molecule has 0 bridgehead atoms. The van der Waals surface area contributed by atoms with Gasteiger partial charge in [0.2, 0.25) is 0 Å². The van der Waals surface area contributed by atoms with Gasteiger partial charge in [-0.25, -0.2) is 0 Å². The third kappa shape index (κ3) is 21.5. The Bertz CT molecular complexity index is 249. The van der Waals surface area contributed by atoms with E-state index < -0.39 is 0 Å². The molecule has 0 aromatic rings. The molecule has 0 unspecified atom stereocenters. The van der Waals surface area contributed by atoms with E-state index in [1.165, 1.54) is 109 Å². The molecule has 0 radical (unpaired) electrons. The lowest BCUT2D eigenvalue weighted by Gasteiger charge is -2.02. The van der Waals surface area contributed by atoms with Gasteiger partial charge in [0.15, 0.2) is 0 Å². The summed E-state index contributed by atoms with van der Waals surface area (Å²) in [5, 5.41) is 0. The predicted molar refractivity (Wildman–Crippen MR) is 108 cm³/mol. The van der Waals surface area contributed by atoms with E-state index in [9.17, 15) is 0 Å². The van der Waals surface area contributed by atoms with Gasteiger partial charge in [-0.1, -0.05) is 109 Å². The molecule has 0 fully saturated rings. The lowest BCUT2D eigenvalue weighted by atomic mass is 10.0. The smallest absolute Gasteiger partial charge is 0.0348 e. The summed E-state index contributed by atoms with van der Waals surface area (Å²) < 4.78 is 0. The summed E-state index contributed by atoms with van der Waals surface area (Å²) in [7, 11) is 0. The van der Waals surface area contributed by atoms with Gasteiger partial charge in [0.1, 0.15) is 0 Å². The molecular weight excluding hydrogens is 276 g/mol. The van der Waals surface area contributed by atoms with E-state index in [2.05, 4.69) is 38.2 Å². The highest BCUT2D eigenvalue weighted by molar-refractivity contribution is 4.84. The van der Waals surface area contributed by atoms with Crippen LogP contribution in [0.5, 0.6) is 0 Å². The van der Waals surface area contributed by atoms with Gasteiger partial charge in [0.05, 0.1) is 0 Å². The molecule has 0 aliphatic rings. The second-order valence-corrected chi connectivity index (χ2v) is 6.96. The Morgan fingerprint density at radius 1 is 0.391 bits per heavy atom. The van der Waals surface area contributed by atoms with Crippen LogP contribution in [0.3, 0.4) is 0 Å². The minimum Gasteiger partial charge on any atom is -0.0888 e. The predicted octanol–water partition coefficient (Wildman–Crippen LogP) is 8.77. The maximum absolute atomic E-state index is 2.40. The van der Waals surface area contributed by atoms with Crippen molar-refractivity contribution in [3.05, 3.63) is 24.3 Å². The zero-order chi connectivity index (χ0) is 16.8. The molecule has 0 spiro atoms. The van der Waals surface area contributed by atoms with Gasteiger partial charge < -0.3 is 0 Å². The van der Waals surface area contributed by atoms with Crippen LogP contribution in [0.25, 0.3) is 0 Å². The number of hydrogen-bond acceptors (Lipinski definition) is 0. The SMILES string of the molecule is CCC=CCCCC=CCCCCCCCCCCCCCC. The Balaban J connectivity index is 3.06. The summed E-state index contributed by atoms with van der Waals surface area (Å²) in [6.45, 7) is 4.49. The molecule has 0 aliphatic heterocycles. The van der Waals surface area contributed by atoms with Crippen LogP contribution in [0.15, 0.2) is 24.3 Å². The highest BCUT2D eigenvalue weighted by Gasteiger charge is 1.92. The Morgan fingerprint density at radius 3 is 1.26 bits per heavy atom. The van der Waals surface area contributed by atoms with Crippen molar-refractivity contribution in [2.45, 2.75) is 123 Å². The summed E-state index contributed by atoms with van der Waals surface area (Å²) in [4.78, 5) is 0. The fourth-order valence-corrected chi connectivity index (χ4v) is 2.98. The largest absolute Gasteiger partial charge is 0.0888 e. The third-order valence-corrected chi connectivity index (χ3v) is 4.53. The molecular formula is C23H44. The minimum atomic E-state index is 1.18. The zero-order valence-corrected chi connectivity index (χ0v) is 16.3. The van der Waals surface area contributed by atoms with E-state index in [-0.39, 0.29) is 0 Å². The first kappa shape index (κ1) is 22.5. The quantitative estimate of drug-likeness (QED) is 0.175. The topological polar surface area (TPSA) is 0 Å². The van der Waals surface area contributed by atoms with Crippen LogP contribution >= 0.6 is 0 Å². The van der Waals surface area contributed by atoms with Gasteiger partial charge in [0.25, 0.3) is 0 Å². The number of unbranched alkanes of at least 4 members (excludes halogenated alkanes) is 14. The first-order valence-electron chi connectivity index (χ1n) is 10.7. The van der Waals surface area contributed by atoms with Crippen LogP contribution in [0, 0.1) is 0 Å². The van der Waals surface area contributed by atoms with Crippen LogP contribution < -0.4 is 0 Å². The fraction of sp³-hybridized carbons (Fsp3) is 0.826. The molecule has 0 saturated carbocycles. The van der Waals surface area contributed by atoms with Crippen molar-refractivity contribution in [1.82, 2.24) is 0 Å². The summed E-state index contributed by atoms with van der Waals surface area (Å²) in [5.41, 5.74) is 0. The minimum absolute atomic E-state index is 1.18. The third-order valence-electron chi connectivity index (χ3n) is 4.53. The molecule has 23 heavy (non-hydrogen) atoms. The Kier molecular flexibility index (Phi) is 21.0. The Hall–Kier alpha value is -0.520. The van der Waals surface area contributed by atoms with Crippen LogP contribution in [-0.2, 0) is 0 Å². The molecule has 0 N–H and O–H groups in total. The monoisotopic (exact) mass is 320 g/mol. The molecule has 0 aliphatic carbocycles. The highest BCUT2D eigenvalue weighted by Crippen LogP contribution is 2.12. The second kappa shape index (κ2) is 21.5. The summed E-state index contributed by atoms with van der Waals surface area (Å²) in [6.07, 6.45) is 33.0.